The van der Waals surface area contributed by atoms with Crippen molar-refractivity contribution in [2.75, 3.05) is 5.84 Å². The maximum absolute atomic E-state index is 6.14. The lowest BCUT2D eigenvalue weighted by molar-refractivity contribution is 0.288. The molecule has 4 aromatic rings. The molecule has 2 heterocycles. The highest BCUT2D eigenvalue weighted by molar-refractivity contribution is 9.10. The number of nitrogen functional groups attached to an aromatic ring is 1. The van der Waals surface area contributed by atoms with Crippen LogP contribution in [0.2, 0.25) is 0 Å². The molecule has 0 fully saturated rings. The molecular formula is C20H19BrN6O2S. The van der Waals surface area contributed by atoms with Crippen molar-refractivity contribution in [3.05, 3.63) is 69.8 Å². The minimum atomic E-state index is 0.225. The molecule has 0 saturated heterocycles. The highest BCUT2D eigenvalue weighted by atomic mass is 79.9. The summed E-state index contributed by atoms with van der Waals surface area (Å²) in [5.41, 5.74) is 2.96. The first-order chi connectivity index (χ1) is 14.5. The highest BCUT2D eigenvalue weighted by Gasteiger charge is 2.15. The first-order valence-corrected chi connectivity index (χ1v) is 10.9. The van der Waals surface area contributed by atoms with Crippen LogP contribution in [0.3, 0.4) is 0 Å². The summed E-state index contributed by atoms with van der Waals surface area (Å²) in [6, 6.07) is 13.7. The van der Waals surface area contributed by atoms with Crippen LogP contribution >= 0.6 is 27.7 Å². The predicted molar refractivity (Wildman–Crippen MR) is 117 cm³/mol. The Kier molecular flexibility index (Phi) is 6.05. The third kappa shape index (κ3) is 4.34. The summed E-state index contributed by atoms with van der Waals surface area (Å²) in [5, 5.41) is 17.0. The summed E-state index contributed by atoms with van der Waals surface area (Å²) in [4.78, 5) is 0. The van der Waals surface area contributed by atoms with Gasteiger partial charge < -0.3 is 15.0 Å². The van der Waals surface area contributed by atoms with Crippen molar-refractivity contribution >= 4 is 27.7 Å². The van der Waals surface area contributed by atoms with Crippen molar-refractivity contribution in [3.8, 4) is 17.2 Å². The van der Waals surface area contributed by atoms with E-state index in [0.29, 0.717) is 28.5 Å². The summed E-state index contributed by atoms with van der Waals surface area (Å²) in [7, 11) is 0. The average molecular weight is 487 g/mol. The van der Waals surface area contributed by atoms with Gasteiger partial charge in [-0.25, -0.2) is 4.68 Å². The molecule has 2 aromatic heterocycles. The molecule has 0 bridgehead atoms. The van der Waals surface area contributed by atoms with Gasteiger partial charge in [0.05, 0.1) is 11.3 Å². The van der Waals surface area contributed by atoms with Gasteiger partial charge in [0, 0.05) is 4.47 Å². The third-order valence-electron chi connectivity index (χ3n) is 4.39. The zero-order chi connectivity index (χ0) is 21.1. The lowest BCUT2D eigenvalue weighted by atomic mass is 10.1. The van der Waals surface area contributed by atoms with Gasteiger partial charge in [-0.1, -0.05) is 42.1 Å². The maximum Gasteiger partial charge on any atom is 0.248 e. The van der Waals surface area contributed by atoms with Gasteiger partial charge in [0.15, 0.2) is 5.82 Å². The quantitative estimate of drug-likeness (QED) is 0.304. The Morgan fingerprint density at radius 1 is 1.03 bits per heavy atom. The summed E-state index contributed by atoms with van der Waals surface area (Å²) >= 11 is 4.85. The molecule has 0 unspecified atom stereocenters. The summed E-state index contributed by atoms with van der Waals surface area (Å²) in [5.74, 6) is 8.85. The second kappa shape index (κ2) is 8.88. The predicted octanol–water partition coefficient (Wildman–Crippen LogP) is 4.29. The molecular weight excluding hydrogens is 468 g/mol. The van der Waals surface area contributed by atoms with Crippen molar-refractivity contribution in [2.45, 2.75) is 31.4 Å². The van der Waals surface area contributed by atoms with Crippen LogP contribution in [0.15, 0.2) is 56.5 Å². The minimum Gasteiger partial charge on any atom is -0.485 e. The van der Waals surface area contributed by atoms with E-state index < -0.39 is 0 Å². The molecule has 0 saturated carbocycles. The number of hydrogen-bond acceptors (Lipinski definition) is 8. The SMILES string of the molecule is Cc1cccc(C)c1OCc1nnc(SCc2nnc(-c3ccccc3Br)o2)n1N. The fourth-order valence-electron chi connectivity index (χ4n) is 2.85. The number of hydrogen-bond donors (Lipinski definition) is 1. The molecule has 0 amide bonds. The molecule has 0 radical (unpaired) electrons. The standard InChI is InChI=1S/C20H19BrN6O2S/c1-12-6-5-7-13(2)18(12)28-10-16-23-26-20(27(16)22)30-11-17-24-25-19(29-17)14-8-3-4-9-15(14)21/h3-9H,10-11,22H2,1-2H3. The zero-order valence-corrected chi connectivity index (χ0v) is 18.8. The van der Waals surface area contributed by atoms with Crippen LogP contribution in [-0.4, -0.2) is 25.1 Å². The second-order valence-electron chi connectivity index (χ2n) is 6.55. The Balaban J connectivity index is 1.40. The fourth-order valence-corrected chi connectivity index (χ4v) is 4.02. The number of thioether (sulfide) groups is 1. The van der Waals surface area contributed by atoms with Crippen LogP contribution in [0, 0.1) is 13.8 Å². The Labute approximate surface area is 186 Å². The number of nitrogens with two attached hydrogens (primary N) is 1. The van der Waals surface area contributed by atoms with E-state index in [2.05, 4.69) is 36.3 Å². The molecule has 4 rings (SSSR count). The van der Waals surface area contributed by atoms with Crippen molar-refractivity contribution in [2.24, 2.45) is 0 Å². The topological polar surface area (TPSA) is 105 Å². The minimum absolute atomic E-state index is 0.225. The Bertz CT molecular complexity index is 1160. The van der Waals surface area contributed by atoms with Crippen LogP contribution < -0.4 is 10.6 Å². The molecule has 0 spiro atoms. The molecule has 2 N–H and O–H groups in total. The normalized spacial score (nSPS) is 11.0. The number of benzene rings is 2. The van der Waals surface area contributed by atoms with Crippen LogP contribution in [0.25, 0.3) is 11.5 Å². The fraction of sp³-hybridized carbons (Fsp3) is 0.200. The summed E-state index contributed by atoms with van der Waals surface area (Å²) in [6.45, 7) is 4.23. The molecule has 0 aliphatic carbocycles. The number of aryl methyl sites for hydroxylation is 2. The molecule has 8 nitrogen and oxygen atoms in total. The zero-order valence-electron chi connectivity index (χ0n) is 16.4. The summed E-state index contributed by atoms with van der Waals surface area (Å²) < 4.78 is 14.0. The van der Waals surface area contributed by atoms with Gasteiger partial charge >= 0.3 is 0 Å². The molecule has 10 heteroatoms. The number of ether oxygens (including phenoxy) is 1. The van der Waals surface area contributed by atoms with Crippen LogP contribution in [-0.2, 0) is 12.4 Å². The van der Waals surface area contributed by atoms with E-state index in [4.69, 9.17) is 15.0 Å². The highest BCUT2D eigenvalue weighted by Crippen LogP contribution is 2.28. The molecule has 0 aliphatic heterocycles. The first-order valence-electron chi connectivity index (χ1n) is 9.11. The van der Waals surface area contributed by atoms with Gasteiger partial charge in [0.25, 0.3) is 0 Å². The number of halogens is 1. The van der Waals surface area contributed by atoms with Crippen LogP contribution in [0.4, 0.5) is 0 Å². The Hall–Kier alpha value is -2.85. The van der Waals surface area contributed by atoms with E-state index in [0.717, 1.165) is 26.9 Å². The van der Waals surface area contributed by atoms with Crippen LogP contribution in [0.5, 0.6) is 5.75 Å². The Morgan fingerprint density at radius 2 is 1.80 bits per heavy atom. The number of rotatable bonds is 7. The largest absolute Gasteiger partial charge is 0.485 e. The van der Waals surface area contributed by atoms with E-state index in [1.54, 1.807) is 0 Å². The van der Waals surface area contributed by atoms with Gasteiger partial charge in [-0.2, -0.15) is 0 Å². The van der Waals surface area contributed by atoms with Gasteiger partial charge in [-0.3, -0.25) is 0 Å². The second-order valence-corrected chi connectivity index (χ2v) is 8.34. The average Bonchev–Trinajstić information content (AvgIpc) is 3.33. The number of para-hydroxylation sites is 1. The monoisotopic (exact) mass is 486 g/mol. The first kappa shape index (κ1) is 20.4. The van der Waals surface area contributed by atoms with Crippen molar-refractivity contribution < 1.29 is 9.15 Å². The lowest BCUT2D eigenvalue weighted by Gasteiger charge is -2.11. The summed E-state index contributed by atoms with van der Waals surface area (Å²) in [6.07, 6.45) is 0. The molecule has 0 atom stereocenters. The van der Waals surface area contributed by atoms with Crippen molar-refractivity contribution in [1.29, 1.82) is 0 Å². The van der Waals surface area contributed by atoms with E-state index in [1.807, 2.05) is 56.3 Å². The molecule has 0 aliphatic rings. The third-order valence-corrected chi connectivity index (χ3v) is 6.00. The number of aromatic nitrogens is 5. The molecule has 154 valence electrons. The maximum atomic E-state index is 6.14. The molecule has 30 heavy (non-hydrogen) atoms. The van der Waals surface area contributed by atoms with Gasteiger partial charge in [0.1, 0.15) is 12.4 Å². The molecule has 2 aromatic carbocycles. The van der Waals surface area contributed by atoms with Gasteiger partial charge in [0.2, 0.25) is 16.9 Å². The van der Waals surface area contributed by atoms with Gasteiger partial charge in [-0.15, -0.1) is 20.4 Å². The van der Waals surface area contributed by atoms with E-state index >= 15 is 0 Å². The van der Waals surface area contributed by atoms with Gasteiger partial charge in [-0.05, 0) is 53.0 Å². The van der Waals surface area contributed by atoms with E-state index in [-0.39, 0.29) is 6.61 Å². The van der Waals surface area contributed by atoms with E-state index in [1.165, 1.54) is 16.4 Å². The van der Waals surface area contributed by atoms with Crippen molar-refractivity contribution in [1.82, 2.24) is 25.1 Å². The van der Waals surface area contributed by atoms with E-state index in [9.17, 15) is 0 Å². The lowest BCUT2D eigenvalue weighted by Crippen LogP contribution is -2.16. The Morgan fingerprint density at radius 3 is 2.57 bits per heavy atom. The van der Waals surface area contributed by atoms with Crippen molar-refractivity contribution in [3.63, 3.8) is 0 Å². The number of nitrogens with zero attached hydrogens (tertiary/aromatic N) is 5. The van der Waals surface area contributed by atoms with Crippen LogP contribution in [0.1, 0.15) is 22.8 Å². The smallest absolute Gasteiger partial charge is 0.248 e.